The number of amides is 1. The second-order valence-corrected chi connectivity index (χ2v) is 5.50. The van der Waals surface area contributed by atoms with Gasteiger partial charge in [0, 0.05) is 11.5 Å². The molecule has 1 amide bonds. The van der Waals surface area contributed by atoms with E-state index in [9.17, 15) is 4.79 Å². The maximum atomic E-state index is 12.3. The fourth-order valence-corrected chi connectivity index (χ4v) is 2.60. The van der Waals surface area contributed by atoms with Crippen LogP contribution in [0.4, 0.5) is 5.69 Å². The number of benzene rings is 1. The van der Waals surface area contributed by atoms with Gasteiger partial charge in [0.15, 0.2) is 0 Å². The molecular formula is C17H22N2O. The lowest BCUT2D eigenvalue weighted by molar-refractivity contribution is -0.121. The van der Waals surface area contributed by atoms with E-state index in [1.807, 2.05) is 24.3 Å². The van der Waals surface area contributed by atoms with Crippen molar-refractivity contribution in [3.05, 3.63) is 29.8 Å². The molecule has 2 rings (SSSR count). The Kier molecular flexibility index (Phi) is 5.20. The van der Waals surface area contributed by atoms with Crippen LogP contribution < -0.4 is 11.1 Å². The highest BCUT2D eigenvalue weighted by atomic mass is 16.1. The summed E-state index contributed by atoms with van der Waals surface area (Å²) < 4.78 is 0. The van der Waals surface area contributed by atoms with Gasteiger partial charge in [-0.05, 0) is 43.7 Å². The Morgan fingerprint density at radius 1 is 1.30 bits per heavy atom. The molecule has 0 aromatic heterocycles. The molecule has 0 atom stereocenters. The van der Waals surface area contributed by atoms with E-state index < -0.39 is 0 Å². The number of hydrogen-bond acceptors (Lipinski definition) is 2. The Labute approximate surface area is 120 Å². The molecule has 1 saturated carbocycles. The van der Waals surface area contributed by atoms with Crippen LogP contribution >= 0.6 is 0 Å². The molecule has 1 aromatic carbocycles. The van der Waals surface area contributed by atoms with Gasteiger partial charge in [0.1, 0.15) is 0 Å². The molecule has 0 aliphatic heterocycles. The Morgan fingerprint density at radius 2 is 2.00 bits per heavy atom. The van der Waals surface area contributed by atoms with Crippen molar-refractivity contribution in [1.82, 2.24) is 0 Å². The lowest BCUT2D eigenvalue weighted by Gasteiger charge is -2.25. The fraction of sp³-hybridized carbons (Fsp3) is 0.471. The molecule has 20 heavy (non-hydrogen) atoms. The zero-order chi connectivity index (χ0) is 14.4. The summed E-state index contributed by atoms with van der Waals surface area (Å²) in [6.07, 6.45) is 4.27. The first-order valence-electron chi connectivity index (χ1n) is 7.29. The number of para-hydroxylation sites is 1. The minimum absolute atomic E-state index is 0.124. The van der Waals surface area contributed by atoms with Gasteiger partial charge in [-0.2, -0.15) is 0 Å². The molecule has 3 N–H and O–H groups in total. The molecule has 0 bridgehead atoms. The average Bonchev–Trinajstić information content (AvgIpc) is 2.47. The summed E-state index contributed by atoms with van der Waals surface area (Å²) in [6.45, 7) is 2.58. The largest absolute Gasteiger partial charge is 0.325 e. The van der Waals surface area contributed by atoms with Crippen molar-refractivity contribution in [2.75, 3.05) is 11.9 Å². The number of carbonyl (C=O) groups is 1. The van der Waals surface area contributed by atoms with Crippen LogP contribution in [-0.2, 0) is 4.79 Å². The second kappa shape index (κ2) is 7.12. The number of nitrogens with two attached hydrogens (primary N) is 1. The molecule has 0 radical (unpaired) electrons. The van der Waals surface area contributed by atoms with E-state index in [-0.39, 0.29) is 11.8 Å². The molecule has 1 aliphatic rings. The summed E-state index contributed by atoms with van der Waals surface area (Å²) in [5, 5.41) is 3.02. The zero-order valence-electron chi connectivity index (χ0n) is 12.0. The standard InChI is InChI=1S/C17H22N2O/c1-13-8-10-15(11-9-13)17(20)19-16-7-3-2-5-14(16)6-4-12-18/h2-3,5,7,13,15H,8-12,18H2,1H3,(H,19,20). The van der Waals surface area contributed by atoms with Crippen molar-refractivity contribution in [2.45, 2.75) is 32.6 Å². The molecule has 0 unspecified atom stereocenters. The van der Waals surface area contributed by atoms with Crippen molar-refractivity contribution in [1.29, 1.82) is 0 Å². The smallest absolute Gasteiger partial charge is 0.227 e. The fourth-order valence-electron chi connectivity index (χ4n) is 2.60. The summed E-state index contributed by atoms with van der Waals surface area (Å²) in [7, 11) is 0. The minimum atomic E-state index is 0.124. The Bertz CT molecular complexity index is 519. The van der Waals surface area contributed by atoms with E-state index in [2.05, 4.69) is 24.1 Å². The summed E-state index contributed by atoms with van der Waals surface area (Å²) in [5.74, 6) is 6.84. The van der Waals surface area contributed by atoms with Gasteiger partial charge in [-0.15, -0.1) is 0 Å². The normalized spacial score (nSPS) is 21.7. The monoisotopic (exact) mass is 270 g/mol. The van der Waals surface area contributed by atoms with Gasteiger partial charge in [0.25, 0.3) is 0 Å². The number of carbonyl (C=O) groups excluding carboxylic acids is 1. The summed E-state index contributed by atoms with van der Waals surface area (Å²) in [6, 6.07) is 7.62. The second-order valence-electron chi connectivity index (χ2n) is 5.50. The predicted octanol–water partition coefficient (Wildman–Crippen LogP) is 2.76. The molecule has 1 aromatic rings. The molecule has 0 heterocycles. The molecular weight excluding hydrogens is 248 g/mol. The average molecular weight is 270 g/mol. The summed E-state index contributed by atoms with van der Waals surface area (Å²) in [4.78, 5) is 12.3. The third-order valence-corrected chi connectivity index (χ3v) is 3.90. The number of anilines is 1. The van der Waals surface area contributed by atoms with E-state index in [1.54, 1.807) is 0 Å². The zero-order valence-corrected chi connectivity index (χ0v) is 12.0. The maximum Gasteiger partial charge on any atom is 0.227 e. The topological polar surface area (TPSA) is 55.1 Å². The maximum absolute atomic E-state index is 12.3. The van der Waals surface area contributed by atoms with Crippen molar-refractivity contribution >= 4 is 11.6 Å². The SMILES string of the molecule is CC1CCC(C(=O)Nc2ccccc2C#CCN)CC1. The first-order valence-corrected chi connectivity index (χ1v) is 7.29. The summed E-state index contributed by atoms with van der Waals surface area (Å²) in [5.41, 5.74) is 7.01. The Hall–Kier alpha value is -1.79. The lowest BCUT2D eigenvalue weighted by Crippen LogP contribution is -2.26. The van der Waals surface area contributed by atoms with E-state index >= 15 is 0 Å². The minimum Gasteiger partial charge on any atom is -0.325 e. The van der Waals surface area contributed by atoms with Gasteiger partial charge in [0.05, 0.1) is 12.2 Å². The number of rotatable bonds is 2. The van der Waals surface area contributed by atoms with E-state index in [4.69, 9.17) is 5.73 Å². The van der Waals surface area contributed by atoms with Crippen LogP contribution in [-0.4, -0.2) is 12.5 Å². The molecule has 3 heteroatoms. The van der Waals surface area contributed by atoms with Crippen molar-refractivity contribution in [3.63, 3.8) is 0 Å². The molecule has 0 saturated heterocycles. The molecule has 106 valence electrons. The first-order chi connectivity index (χ1) is 9.70. The van der Waals surface area contributed by atoms with Gasteiger partial charge < -0.3 is 11.1 Å². The van der Waals surface area contributed by atoms with Gasteiger partial charge in [-0.3, -0.25) is 4.79 Å². The van der Waals surface area contributed by atoms with Crippen LogP contribution in [0.25, 0.3) is 0 Å². The van der Waals surface area contributed by atoms with Crippen LogP contribution in [0.2, 0.25) is 0 Å². The van der Waals surface area contributed by atoms with Gasteiger partial charge in [-0.1, -0.05) is 30.9 Å². The molecule has 1 fully saturated rings. The van der Waals surface area contributed by atoms with E-state index in [0.29, 0.717) is 6.54 Å². The van der Waals surface area contributed by atoms with Crippen LogP contribution in [0.1, 0.15) is 38.2 Å². The highest BCUT2D eigenvalue weighted by molar-refractivity contribution is 5.93. The van der Waals surface area contributed by atoms with Crippen LogP contribution in [0, 0.1) is 23.7 Å². The van der Waals surface area contributed by atoms with E-state index in [1.165, 1.54) is 0 Å². The van der Waals surface area contributed by atoms with E-state index in [0.717, 1.165) is 42.9 Å². The van der Waals surface area contributed by atoms with Gasteiger partial charge in [0.2, 0.25) is 5.91 Å². The predicted molar refractivity (Wildman–Crippen MR) is 82.1 cm³/mol. The Morgan fingerprint density at radius 3 is 2.70 bits per heavy atom. The van der Waals surface area contributed by atoms with Gasteiger partial charge in [-0.25, -0.2) is 0 Å². The Balaban J connectivity index is 2.04. The molecule has 0 spiro atoms. The van der Waals surface area contributed by atoms with Crippen LogP contribution in [0.3, 0.4) is 0 Å². The van der Waals surface area contributed by atoms with Crippen molar-refractivity contribution in [2.24, 2.45) is 17.6 Å². The van der Waals surface area contributed by atoms with Crippen molar-refractivity contribution in [3.8, 4) is 11.8 Å². The highest BCUT2D eigenvalue weighted by Crippen LogP contribution is 2.29. The number of hydrogen-bond donors (Lipinski definition) is 2. The van der Waals surface area contributed by atoms with Crippen LogP contribution in [0.5, 0.6) is 0 Å². The van der Waals surface area contributed by atoms with Gasteiger partial charge >= 0.3 is 0 Å². The summed E-state index contributed by atoms with van der Waals surface area (Å²) >= 11 is 0. The highest BCUT2D eigenvalue weighted by Gasteiger charge is 2.24. The van der Waals surface area contributed by atoms with Crippen molar-refractivity contribution < 1.29 is 4.79 Å². The molecule has 3 nitrogen and oxygen atoms in total. The third-order valence-electron chi connectivity index (χ3n) is 3.90. The third kappa shape index (κ3) is 3.85. The lowest BCUT2D eigenvalue weighted by atomic mass is 9.82. The van der Waals surface area contributed by atoms with Crippen LogP contribution in [0.15, 0.2) is 24.3 Å². The quantitative estimate of drug-likeness (QED) is 0.812. The first kappa shape index (κ1) is 14.6. The number of nitrogens with one attached hydrogen (secondary N) is 1. The molecule has 1 aliphatic carbocycles.